The molecule has 0 atom stereocenters. The van der Waals surface area contributed by atoms with Gasteiger partial charge in [-0.25, -0.2) is 8.42 Å². The van der Waals surface area contributed by atoms with E-state index in [9.17, 15) is 18.0 Å². The molecular weight excluding hydrogens is 446 g/mol. The number of likely N-dealkylation sites (tertiary alicyclic amines) is 1. The summed E-state index contributed by atoms with van der Waals surface area (Å²) < 4.78 is 27.9. The first-order valence-electron chi connectivity index (χ1n) is 9.65. The molecule has 3 fully saturated rings. The van der Waals surface area contributed by atoms with E-state index in [1.165, 1.54) is 9.21 Å². The van der Waals surface area contributed by atoms with Gasteiger partial charge in [0.15, 0.2) is 0 Å². The first kappa shape index (κ1) is 20.0. The molecule has 1 spiro atoms. The zero-order valence-corrected chi connectivity index (χ0v) is 18.0. The number of halogens is 1. The predicted octanol–water partition coefficient (Wildman–Crippen LogP) is 2.03. The van der Waals surface area contributed by atoms with Gasteiger partial charge in [-0.15, -0.1) is 0 Å². The van der Waals surface area contributed by atoms with E-state index >= 15 is 0 Å². The molecule has 1 aromatic carbocycles. The number of carbonyl (C=O) groups is 2. The molecule has 2 aliphatic heterocycles. The summed E-state index contributed by atoms with van der Waals surface area (Å²) in [5, 5.41) is 0. The summed E-state index contributed by atoms with van der Waals surface area (Å²) in [5.41, 5.74) is -0.455. The second-order valence-corrected chi connectivity index (χ2v) is 10.8. The van der Waals surface area contributed by atoms with Crippen LogP contribution < -0.4 is 0 Å². The molecule has 152 valence electrons. The highest BCUT2D eigenvalue weighted by molar-refractivity contribution is 9.10. The van der Waals surface area contributed by atoms with Crippen molar-refractivity contribution >= 4 is 37.8 Å². The van der Waals surface area contributed by atoms with E-state index in [4.69, 9.17) is 0 Å². The lowest BCUT2D eigenvalue weighted by Gasteiger charge is -2.35. The molecule has 1 aromatic rings. The molecular formula is C19H24BrN3O4S. The molecule has 7 nitrogen and oxygen atoms in total. The summed E-state index contributed by atoms with van der Waals surface area (Å²) in [4.78, 5) is 28.9. The molecule has 1 aliphatic carbocycles. The minimum absolute atomic E-state index is 0.0285. The van der Waals surface area contributed by atoms with Gasteiger partial charge in [-0.05, 0) is 31.0 Å². The van der Waals surface area contributed by atoms with Crippen LogP contribution in [0.4, 0.5) is 0 Å². The number of amides is 2. The van der Waals surface area contributed by atoms with Gasteiger partial charge < -0.3 is 0 Å². The van der Waals surface area contributed by atoms with Crippen LogP contribution in [0.3, 0.4) is 0 Å². The number of hydrogen-bond acceptors (Lipinski definition) is 5. The van der Waals surface area contributed by atoms with Crippen LogP contribution in [0.2, 0.25) is 0 Å². The number of rotatable bonds is 4. The zero-order chi connectivity index (χ0) is 19.9. The fourth-order valence-corrected chi connectivity index (χ4v) is 6.55. The maximum Gasteiger partial charge on any atom is 0.243 e. The Kier molecular flexibility index (Phi) is 5.37. The molecule has 2 heterocycles. The molecule has 4 rings (SSSR count). The Balaban J connectivity index is 1.38. The third-order valence-electron chi connectivity index (χ3n) is 6.16. The van der Waals surface area contributed by atoms with Crippen LogP contribution in [-0.4, -0.2) is 67.2 Å². The fourth-order valence-electron chi connectivity index (χ4n) is 4.53. The monoisotopic (exact) mass is 469 g/mol. The van der Waals surface area contributed by atoms with E-state index in [1.807, 2.05) is 4.90 Å². The number of sulfonamides is 1. The highest BCUT2D eigenvalue weighted by atomic mass is 79.9. The largest absolute Gasteiger partial charge is 0.283 e. The van der Waals surface area contributed by atoms with Crippen molar-refractivity contribution in [3.63, 3.8) is 0 Å². The van der Waals surface area contributed by atoms with E-state index in [0.717, 1.165) is 30.2 Å². The third-order valence-corrected chi connectivity index (χ3v) is 8.54. The Hall–Kier alpha value is -1.29. The molecule has 2 saturated heterocycles. The topological polar surface area (TPSA) is 78.0 Å². The van der Waals surface area contributed by atoms with Gasteiger partial charge in [-0.1, -0.05) is 34.8 Å². The normalized spacial score (nSPS) is 23.8. The average molecular weight is 470 g/mol. The minimum Gasteiger partial charge on any atom is -0.283 e. The lowest BCUT2D eigenvalue weighted by atomic mass is 9.85. The quantitative estimate of drug-likeness (QED) is 0.630. The van der Waals surface area contributed by atoms with Gasteiger partial charge in [-0.2, -0.15) is 4.31 Å². The summed E-state index contributed by atoms with van der Waals surface area (Å²) in [5.74, 6) is -0.115. The van der Waals surface area contributed by atoms with Crippen LogP contribution in [-0.2, 0) is 19.6 Å². The maximum absolute atomic E-state index is 12.8. The standard InChI is InChI=1S/C19H24BrN3O4S/c20-15-4-3-5-16(12-15)28(26,27)22-10-8-21(9-11-22)14-23-17(24)13-19(18(23)25)6-1-2-7-19/h3-5,12H,1-2,6-11,13-14H2. The second-order valence-electron chi connectivity index (χ2n) is 7.91. The lowest BCUT2D eigenvalue weighted by Crippen LogP contribution is -2.52. The van der Waals surface area contributed by atoms with E-state index in [0.29, 0.717) is 32.6 Å². The molecule has 28 heavy (non-hydrogen) atoms. The molecule has 0 aromatic heterocycles. The SMILES string of the molecule is O=C1CC2(CCCC2)C(=O)N1CN1CCN(S(=O)(=O)c2cccc(Br)c2)CC1. The minimum atomic E-state index is -3.55. The fraction of sp³-hybridized carbons (Fsp3) is 0.579. The first-order valence-corrected chi connectivity index (χ1v) is 11.9. The highest BCUT2D eigenvalue weighted by Crippen LogP contribution is 2.46. The molecule has 0 radical (unpaired) electrons. The second kappa shape index (κ2) is 7.51. The van der Waals surface area contributed by atoms with Crippen molar-refractivity contribution in [2.24, 2.45) is 5.41 Å². The Bertz CT molecular complexity index is 890. The molecule has 2 amide bonds. The smallest absolute Gasteiger partial charge is 0.243 e. The van der Waals surface area contributed by atoms with Gasteiger partial charge in [-0.3, -0.25) is 19.4 Å². The van der Waals surface area contributed by atoms with Crippen molar-refractivity contribution in [1.29, 1.82) is 0 Å². The number of piperazine rings is 1. The van der Waals surface area contributed by atoms with Gasteiger partial charge >= 0.3 is 0 Å². The zero-order valence-electron chi connectivity index (χ0n) is 15.6. The third kappa shape index (κ3) is 3.53. The summed E-state index contributed by atoms with van der Waals surface area (Å²) >= 11 is 3.31. The number of hydrogen-bond donors (Lipinski definition) is 0. The van der Waals surface area contributed by atoms with E-state index in [1.54, 1.807) is 24.3 Å². The number of nitrogens with zero attached hydrogens (tertiary/aromatic N) is 3. The van der Waals surface area contributed by atoms with Crippen LogP contribution in [0.15, 0.2) is 33.6 Å². The van der Waals surface area contributed by atoms with Crippen molar-refractivity contribution in [2.45, 2.75) is 37.0 Å². The van der Waals surface area contributed by atoms with Crippen molar-refractivity contribution < 1.29 is 18.0 Å². The Labute approximate surface area is 173 Å². The van der Waals surface area contributed by atoms with Crippen LogP contribution in [0, 0.1) is 5.41 Å². The number of benzene rings is 1. The summed E-state index contributed by atoms with van der Waals surface area (Å²) in [6, 6.07) is 6.69. The van der Waals surface area contributed by atoms with Gasteiger partial charge in [0, 0.05) is 37.1 Å². The number of carbonyl (C=O) groups excluding carboxylic acids is 2. The van der Waals surface area contributed by atoms with Crippen molar-refractivity contribution in [3.05, 3.63) is 28.7 Å². The Morgan fingerprint density at radius 2 is 1.71 bits per heavy atom. The molecule has 3 aliphatic rings. The number of imide groups is 1. The Morgan fingerprint density at radius 1 is 1.04 bits per heavy atom. The Morgan fingerprint density at radius 3 is 2.36 bits per heavy atom. The maximum atomic E-state index is 12.8. The van der Waals surface area contributed by atoms with Crippen molar-refractivity contribution in [1.82, 2.24) is 14.1 Å². The highest BCUT2D eigenvalue weighted by Gasteiger charge is 2.52. The molecule has 0 N–H and O–H groups in total. The van der Waals surface area contributed by atoms with Gasteiger partial charge in [0.25, 0.3) is 0 Å². The van der Waals surface area contributed by atoms with Gasteiger partial charge in [0.2, 0.25) is 21.8 Å². The van der Waals surface area contributed by atoms with Gasteiger partial charge in [0.05, 0.1) is 17.0 Å². The van der Waals surface area contributed by atoms with Crippen LogP contribution in [0.25, 0.3) is 0 Å². The average Bonchev–Trinajstić information content (AvgIpc) is 3.23. The molecule has 9 heteroatoms. The summed E-state index contributed by atoms with van der Waals surface area (Å²) in [6.45, 7) is 1.95. The summed E-state index contributed by atoms with van der Waals surface area (Å²) in [7, 11) is -3.55. The molecule has 0 bridgehead atoms. The van der Waals surface area contributed by atoms with Crippen LogP contribution in [0.1, 0.15) is 32.1 Å². The van der Waals surface area contributed by atoms with E-state index < -0.39 is 15.4 Å². The van der Waals surface area contributed by atoms with E-state index in [-0.39, 0.29) is 23.4 Å². The summed E-state index contributed by atoms with van der Waals surface area (Å²) in [6.07, 6.45) is 3.99. The van der Waals surface area contributed by atoms with Crippen molar-refractivity contribution in [3.8, 4) is 0 Å². The first-order chi connectivity index (χ1) is 13.3. The van der Waals surface area contributed by atoms with Gasteiger partial charge in [0.1, 0.15) is 0 Å². The lowest BCUT2D eigenvalue weighted by molar-refractivity contribution is -0.144. The van der Waals surface area contributed by atoms with Crippen LogP contribution in [0.5, 0.6) is 0 Å². The van der Waals surface area contributed by atoms with E-state index in [2.05, 4.69) is 15.9 Å². The van der Waals surface area contributed by atoms with Crippen LogP contribution >= 0.6 is 15.9 Å². The predicted molar refractivity (Wildman–Crippen MR) is 107 cm³/mol. The molecule has 1 saturated carbocycles. The molecule has 0 unspecified atom stereocenters. The van der Waals surface area contributed by atoms with Crippen molar-refractivity contribution in [2.75, 3.05) is 32.8 Å².